The third-order valence-corrected chi connectivity index (χ3v) is 4.40. The molecule has 2 aromatic carbocycles. The summed E-state index contributed by atoms with van der Waals surface area (Å²) >= 11 is 0. The molecule has 138 valence electrons. The zero-order chi connectivity index (χ0) is 18.2. The average molecular weight is 354 g/mol. The van der Waals surface area contributed by atoms with Crippen molar-refractivity contribution in [3.8, 4) is 5.75 Å². The first kappa shape index (κ1) is 18.3. The molecule has 0 aromatic heterocycles. The van der Waals surface area contributed by atoms with Crippen molar-refractivity contribution in [2.24, 2.45) is 0 Å². The van der Waals surface area contributed by atoms with Crippen LogP contribution < -0.4 is 15.0 Å². The summed E-state index contributed by atoms with van der Waals surface area (Å²) in [6.07, 6.45) is 1.17. The number of carbonyl (C=O) groups excluding carboxylic acids is 1. The van der Waals surface area contributed by atoms with E-state index in [1.165, 1.54) is 5.69 Å². The van der Waals surface area contributed by atoms with E-state index < -0.39 is 0 Å². The van der Waals surface area contributed by atoms with Crippen molar-refractivity contribution in [3.63, 3.8) is 0 Å². The predicted octanol–water partition coefficient (Wildman–Crippen LogP) is 3.49. The van der Waals surface area contributed by atoms with E-state index in [2.05, 4.69) is 10.2 Å². The van der Waals surface area contributed by atoms with Crippen LogP contribution in [0.4, 0.5) is 11.4 Å². The highest BCUT2D eigenvalue weighted by atomic mass is 16.5. The van der Waals surface area contributed by atoms with Crippen LogP contribution in [0.15, 0.2) is 48.5 Å². The molecule has 2 aromatic rings. The quantitative estimate of drug-likeness (QED) is 0.827. The van der Waals surface area contributed by atoms with Gasteiger partial charge in [-0.05, 0) is 55.3 Å². The molecule has 1 fully saturated rings. The van der Waals surface area contributed by atoms with Gasteiger partial charge in [0, 0.05) is 30.9 Å². The molecule has 0 bridgehead atoms. The fourth-order valence-corrected chi connectivity index (χ4v) is 2.98. The second-order valence-electron chi connectivity index (χ2n) is 6.27. The van der Waals surface area contributed by atoms with Crippen molar-refractivity contribution in [2.45, 2.75) is 19.8 Å². The van der Waals surface area contributed by atoms with Crippen LogP contribution in [0.1, 0.15) is 18.9 Å². The SMILES string of the molecule is CCOc1ccc(CCC(=O)Nc2ccc(N3CCOCC3)cc2)cc1. The van der Waals surface area contributed by atoms with Crippen molar-refractivity contribution in [1.82, 2.24) is 0 Å². The molecule has 0 atom stereocenters. The van der Waals surface area contributed by atoms with Crippen LogP contribution >= 0.6 is 0 Å². The fraction of sp³-hybridized carbons (Fsp3) is 0.381. The van der Waals surface area contributed by atoms with Crippen molar-refractivity contribution >= 4 is 17.3 Å². The van der Waals surface area contributed by atoms with Crippen molar-refractivity contribution in [1.29, 1.82) is 0 Å². The first-order valence-electron chi connectivity index (χ1n) is 9.19. The molecule has 0 saturated carbocycles. The molecule has 1 saturated heterocycles. The van der Waals surface area contributed by atoms with Gasteiger partial charge < -0.3 is 19.7 Å². The lowest BCUT2D eigenvalue weighted by Crippen LogP contribution is -2.36. The first-order valence-corrected chi connectivity index (χ1v) is 9.19. The number of morpholine rings is 1. The van der Waals surface area contributed by atoms with Crippen LogP contribution in [0.25, 0.3) is 0 Å². The van der Waals surface area contributed by atoms with Gasteiger partial charge in [-0.3, -0.25) is 4.79 Å². The number of hydrogen-bond donors (Lipinski definition) is 1. The normalized spacial score (nSPS) is 14.1. The number of ether oxygens (including phenoxy) is 2. The number of anilines is 2. The largest absolute Gasteiger partial charge is 0.494 e. The molecule has 26 heavy (non-hydrogen) atoms. The number of hydrogen-bond acceptors (Lipinski definition) is 4. The Morgan fingerprint density at radius 3 is 2.42 bits per heavy atom. The van der Waals surface area contributed by atoms with Crippen molar-refractivity contribution < 1.29 is 14.3 Å². The molecular weight excluding hydrogens is 328 g/mol. The Hall–Kier alpha value is -2.53. The van der Waals surface area contributed by atoms with E-state index in [0.717, 1.165) is 43.3 Å². The summed E-state index contributed by atoms with van der Waals surface area (Å²) in [5, 5.41) is 2.97. The highest BCUT2D eigenvalue weighted by molar-refractivity contribution is 5.91. The highest BCUT2D eigenvalue weighted by Crippen LogP contribution is 2.19. The fourth-order valence-electron chi connectivity index (χ4n) is 2.98. The molecule has 1 aliphatic rings. The minimum atomic E-state index is 0.0259. The van der Waals surface area contributed by atoms with Gasteiger partial charge in [0.1, 0.15) is 5.75 Å². The number of rotatable bonds is 7. The summed E-state index contributed by atoms with van der Waals surface area (Å²) in [4.78, 5) is 14.5. The number of carbonyl (C=O) groups is 1. The number of nitrogens with zero attached hydrogens (tertiary/aromatic N) is 1. The second-order valence-corrected chi connectivity index (χ2v) is 6.27. The molecule has 5 heteroatoms. The number of benzene rings is 2. The molecule has 5 nitrogen and oxygen atoms in total. The number of amides is 1. The van der Waals surface area contributed by atoms with Gasteiger partial charge in [0.15, 0.2) is 0 Å². The molecule has 1 amide bonds. The van der Waals surface area contributed by atoms with Crippen molar-refractivity contribution in [2.75, 3.05) is 43.1 Å². The van der Waals surface area contributed by atoms with Crippen LogP contribution in [0.3, 0.4) is 0 Å². The van der Waals surface area contributed by atoms with E-state index in [1.54, 1.807) is 0 Å². The topological polar surface area (TPSA) is 50.8 Å². The third kappa shape index (κ3) is 5.23. The van der Waals surface area contributed by atoms with E-state index in [9.17, 15) is 4.79 Å². The van der Waals surface area contributed by atoms with Gasteiger partial charge in [0.05, 0.1) is 19.8 Å². The van der Waals surface area contributed by atoms with Gasteiger partial charge in [0.2, 0.25) is 5.91 Å². The minimum absolute atomic E-state index is 0.0259. The third-order valence-electron chi connectivity index (χ3n) is 4.40. The average Bonchev–Trinajstić information content (AvgIpc) is 2.69. The number of aryl methyl sites for hydroxylation is 1. The summed E-state index contributed by atoms with van der Waals surface area (Å²) in [6.45, 7) is 5.98. The van der Waals surface area contributed by atoms with Gasteiger partial charge in [-0.25, -0.2) is 0 Å². The van der Waals surface area contributed by atoms with Crippen LogP contribution in [-0.2, 0) is 16.0 Å². The van der Waals surface area contributed by atoms with E-state index in [-0.39, 0.29) is 5.91 Å². The Morgan fingerprint density at radius 1 is 1.08 bits per heavy atom. The monoisotopic (exact) mass is 354 g/mol. The van der Waals surface area contributed by atoms with E-state index >= 15 is 0 Å². The zero-order valence-electron chi connectivity index (χ0n) is 15.2. The lowest BCUT2D eigenvalue weighted by atomic mass is 10.1. The van der Waals surface area contributed by atoms with Gasteiger partial charge in [-0.2, -0.15) is 0 Å². The summed E-state index contributed by atoms with van der Waals surface area (Å²) in [7, 11) is 0. The van der Waals surface area contributed by atoms with Crippen LogP contribution in [0.5, 0.6) is 5.75 Å². The number of nitrogens with one attached hydrogen (secondary N) is 1. The smallest absolute Gasteiger partial charge is 0.224 e. The highest BCUT2D eigenvalue weighted by Gasteiger charge is 2.11. The summed E-state index contributed by atoms with van der Waals surface area (Å²) < 4.78 is 10.8. The molecular formula is C21H26N2O3. The molecule has 1 aliphatic heterocycles. The molecule has 1 N–H and O–H groups in total. The Labute approximate surface area is 154 Å². The summed E-state index contributed by atoms with van der Waals surface area (Å²) in [5.41, 5.74) is 3.13. The molecule has 0 unspecified atom stereocenters. The van der Waals surface area contributed by atoms with E-state index in [0.29, 0.717) is 19.4 Å². The molecule has 0 radical (unpaired) electrons. The second kappa shape index (κ2) is 9.25. The maximum atomic E-state index is 12.2. The molecule has 3 rings (SSSR count). The van der Waals surface area contributed by atoms with Gasteiger partial charge >= 0.3 is 0 Å². The maximum absolute atomic E-state index is 12.2. The predicted molar refractivity (Wildman–Crippen MR) is 104 cm³/mol. The lowest BCUT2D eigenvalue weighted by Gasteiger charge is -2.28. The summed E-state index contributed by atoms with van der Waals surface area (Å²) in [6, 6.07) is 15.9. The Balaban J connectivity index is 1.46. The standard InChI is InChI=1S/C21H26N2O3/c1-2-26-20-10-3-17(4-11-20)5-12-21(24)22-18-6-8-19(9-7-18)23-13-15-25-16-14-23/h3-4,6-11H,2,5,12-16H2,1H3,(H,22,24). The van der Waals surface area contributed by atoms with E-state index in [4.69, 9.17) is 9.47 Å². The Bertz CT molecular complexity index is 692. The minimum Gasteiger partial charge on any atom is -0.494 e. The summed E-state index contributed by atoms with van der Waals surface area (Å²) in [5.74, 6) is 0.888. The molecule has 0 spiro atoms. The maximum Gasteiger partial charge on any atom is 0.224 e. The van der Waals surface area contributed by atoms with Crippen LogP contribution in [0.2, 0.25) is 0 Å². The molecule has 0 aliphatic carbocycles. The Morgan fingerprint density at radius 2 is 1.77 bits per heavy atom. The van der Waals surface area contributed by atoms with Gasteiger partial charge in [-0.15, -0.1) is 0 Å². The Kier molecular flexibility index (Phi) is 6.50. The first-order chi connectivity index (χ1) is 12.7. The van der Waals surface area contributed by atoms with Crippen LogP contribution in [-0.4, -0.2) is 38.8 Å². The van der Waals surface area contributed by atoms with Crippen LogP contribution in [0, 0.1) is 0 Å². The lowest BCUT2D eigenvalue weighted by molar-refractivity contribution is -0.116. The van der Waals surface area contributed by atoms with E-state index in [1.807, 2.05) is 55.5 Å². The zero-order valence-corrected chi connectivity index (χ0v) is 15.2. The van der Waals surface area contributed by atoms with Gasteiger partial charge in [-0.1, -0.05) is 12.1 Å². The molecule has 1 heterocycles. The van der Waals surface area contributed by atoms with Gasteiger partial charge in [0.25, 0.3) is 0 Å². The van der Waals surface area contributed by atoms with Crippen molar-refractivity contribution in [3.05, 3.63) is 54.1 Å².